The molecule has 3 aromatic rings. The normalized spacial score (nSPS) is 19.1. The van der Waals surface area contributed by atoms with Crippen molar-refractivity contribution < 1.29 is 0 Å². The van der Waals surface area contributed by atoms with Gasteiger partial charge >= 0.3 is 0 Å². The first-order chi connectivity index (χ1) is 13.6. The van der Waals surface area contributed by atoms with E-state index in [-0.39, 0.29) is 5.41 Å². The highest BCUT2D eigenvalue weighted by Gasteiger charge is 2.36. The molecule has 5 rings (SSSR count). The van der Waals surface area contributed by atoms with Crippen molar-refractivity contribution in [2.45, 2.75) is 32.6 Å². The maximum atomic E-state index is 2.36. The van der Waals surface area contributed by atoms with Crippen molar-refractivity contribution in [2.75, 3.05) is 0 Å². The van der Waals surface area contributed by atoms with Gasteiger partial charge in [-0.05, 0) is 56.9 Å². The van der Waals surface area contributed by atoms with Gasteiger partial charge in [0, 0.05) is 5.41 Å². The van der Waals surface area contributed by atoms with Gasteiger partial charge in [-0.15, -0.1) is 0 Å². The van der Waals surface area contributed by atoms with E-state index in [0.717, 1.165) is 6.42 Å². The molecule has 2 aliphatic rings. The van der Waals surface area contributed by atoms with E-state index < -0.39 is 0 Å². The zero-order valence-corrected chi connectivity index (χ0v) is 16.9. The molecule has 0 amide bonds. The summed E-state index contributed by atoms with van der Waals surface area (Å²) in [4.78, 5) is 0. The van der Waals surface area contributed by atoms with Crippen molar-refractivity contribution in [1.82, 2.24) is 0 Å². The molecule has 0 heterocycles. The summed E-state index contributed by atoms with van der Waals surface area (Å²) in [5, 5.41) is 0. The minimum Gasteiger partial charge on any atom is -0.0808 e. The van der Waals surface area contributed by atoms with Crippen molar-refractivity contribution in [3.05, 3.63) is 102 Å². The van der Waals surface area contributed by atoms with E-state index in [4.69, 9.17) is 0 Å². The highest BCUT2D eigenvalue weighted by atomic mass is 14.4. The molecule has 0 heteroatoms. The van der Waals surface area contributed by atoms with Crippen LogP contribution in [0.15, 0.2) is 85.0 Å². The number of rotatable bonds is 2. The van der Waals surface area contributed by atoms with E-state index in [1.54, 1.807) is 0 Å². The first kappa shape index (κ1) is 17.3. The van der Waals surface area contributed by atoms with Crippen LogP contribution in [0.5, 0.6) is 0 Å². The smallest absolute Gasteiger partial charge is 0.0159 e. The van der Waals surface area contributed by atoms with Crippen LogP contribution in [0.2, 0.25) is 0 Å². The fourth-order valence-electron chi connectivity index (χ4n) is 4.78. The van der Waals surface area contributed by atoms with E-state index in [1.807, 2.05) is 0 Å². The zero-order chi connectivity index (χ0) is 19.3. The van der Waals surface area contributed by atoms with Gasteiger partial charge in [-0.3, -0.25) is 0 Å². The molecule has 0 radical (unpaired) electrons. The predicted octanol–water partition coefficient (Wildman–Crippen LogP) is 7.64. The molecule has 138 valence electrons. The summed E-state index contributed by atoms with van der Waals surface area (Å²) in [6.07, 6.45) is 8.07. The molecule has 0 fully saturated rings. The Morgan fingerprint density at radius 2 is 1.43 bits per heavy atom. The van der Waals surface area contributed by atoms with Crippen LogP contribution in [-0.4, -0.2) is 0 Å². The third-order valence-corrected chi connectivity index (χ3v) is 6.45. The molecule has 28 heavy (non-hydrogen) atoms. The summed E-state index contributed by atoms with van der Waals surface area (Å²) in [6, 6.07) is 24.8. The summed E-state index contributed by atoms with van der Waals surface area (Å²) in [5.74, 6) is 0.651. The van der Waals surface area contributed by atoms with Gasteiger partial charge in [0.05, 0.1) is 0 Å². The summed E-state index contributed by atoms with van der Waals surface area (Å²) >= 11 is 0. The van der Waals surface area contributed by atoms with Crippen LogP contribution in [0, 0.1) is 5.92 Å². The van der Waals surface area contributed by atoms with Gasteiger partial charge in [0.2, 0.25) is 0 Å². The SMILES string of the molecule is CC1C=CC(c2ccc(-c3cccc4c3-c3ccccc3C4(C)C)cc2)=CC1. The van der Waals surface area contributed by atoms with E-state index in [9.17, 15) is 0 Å². The third kappa shape index (κ3) is 2.59. The van der Waals surface area contributed by atoms with Gasteiger partial charge in [-0.25, -0.2) is 0 Å². The number of benzene rings is 3. The van der Waals surface area contributed by atoms with Crippen LogP contribution in [0.3, 0.4) is 0 Å². The second-order valence-electron chi connectivity index (χ2n) is 8.71. The Morgan fingerprint density at radius 1 is 0.750 bits per heavy atom. The van der Waals surface area contributed by atoms with E-state index in [0.29, 0.717) is 5.92 Å². The quantitative estimate of drug-likeness (QED) is 0.439. The molecule has 0 spiro atoms. The standard InChI is InChI=1S/C28H26/c1-19-11-13-20(14-12-19)21-15-17-22(18-16-21)23-8-6-10-26-27(23)24-7-4-5-9-25(24)28(26,2)3/h4-11,13-19H,12H2,1-3H3. The van der Waals surface area contributed by atoms with E-state index in [2.05, 4.69) is 106 Å². The average Bonchev–Trinajstić information content (AvgIpc) is 2.97. The second-order valence-corrected chi connectivity index (χ2v) is 8.71. The lowest BCUT2D eigenvalue weighted by molar-refractivity contribution is 0.660. The molecule has 0 saturated heterocycles. The molecule has 3 aromatic carbocycles. The zero-order valence-electron chi connectivity index (χ0n) is 16.9. The van der Waals surface area contributed by atoms with Gasteiger partial charge in [-0.1, -0.05) is 106 Å². The Bertz CT molecular complexity index is 1110. The maximum absolute atomic E-state index is 2.36. The Kier molecular flexibility index (Phi) is 3.91. The molecule has 0 bridgehead atoms. The highest BCUT2D eigenvalue weighted by Crippen LogP contribution is 2.51. The van der Waals surface area contributed by atoms with Gasteiger partial charge in [0.15, 0.2) is 0 Å². The lowest BCUT2D eigenvalue weighted by Crippen LogP contribution is -2.14. The second kappa shape index (κ2) is 6.34. The molecular weight excluding hydrogens is 336 g/mol. The van der Waals surface area contributed by atoms with Gasteiger partial charge in [0.25, 0.3) is 0 Å². The minimum atomic E-state index is 0.0519. The van der Waals surface area contributed by atoms with Gasteiger partial charge in [0.1, 0.15) is 0 Å². The lowest BCUT2D eigenvalue weighted by atomic mass is 9.82. The third-order valence-electron chi connectivity index (χ3n) is 6.45. The Labute approximate surface area is 168 Å². The summed E-state index contributed by atoms with van der Waals surface area (Å²) in [7, 11) is 0. The Balaban J connectivity index is 1.60. The average molecular weight is 363 g/mol. The number of hydrogen-bond donors (Lipinski definition) is 0. The number of fused-ring (bicyclic) bond motifs is 3. The van der Waals surface area contributed by atoms with Crippen LogP contribution in [-0.2, 0) is 5.41 Å². The molecule has 0 aliphatic heterocycles. The molecule has 1 atom stereocenters. The van der Waals surface area contributed by atoms with Crippen LogP contribution >= 0.6 is 0 Å². The van der Waals surface area contributed by atoms with Gasteiger partial charge < -0.3 is 0 Å². The van der Waals surface area contributed by atoms with Crippen molar-refractivity contribution in [3.8, 4) is 22.3 Å². The van der Waals surface area contributed by atoms with E-state index >= 15 is 0 Å². The first-order valence-electron chi connectivity index (χ1n) is 10.3. The molecule has 2 aliphatic carbocycles. The molecular formula is C28H26. The molecule has 0 N–H and O–H groups in total. The van der Waals surface area contributed by atoms with Crippen LogP contribution in [0.4, 0.5) is 0 Å². The molecule has 0 saturated carbocycles. The molecule has 1 unspecified atom stereocenters. The van der Waals surface area contributed by atoms with Crippen molar-refractivity contribution >= 4 is 5.57 Å². The van der Waals surface area contributed by atoms with Crippen molar-refractivity contribution in [2.24, 2.45) is 5.92 Å². The van der Waals surface area contributed by atoms with Crippen molar-refractivity contribution in [3.63, 3.8) is 0 Å². The Morgan fingerprint density at radius 3 is 2.18 bits per heavy atom. The van der Waals surface area contributed by atoms with E-state index in [1.165, 1.54) is 44.5 Å². The monoisotopic (exact) mass is 362 g/mol. The predicted molar refractivity (Wildman–Crippen MR) is 120 cm³/mol. The number of allylic oxidation sites excluding steroid dienone is 4. The molecule has 0 aromatic heterocycles. The van der Waals surface area contributed by atoms with Crippen molar-refractivity contribution in [1.29, 1.82) is 0 Å². The number of hydrogen-bond acceptors (Lipinski definition) is 0. The maximum Gasteiger partial charge on any atom is 0.0159 e. The summed E-state index contributed by atoms with van der Waals surface area (Å²) in [6.45, 7) is 6.95. The fourth-order valence-corrected chi connectivity index (χ4v) is 4.78. The topological polar surface area (TPSA) is 0 Å². The van der Waals surface area contributed by atoms with Crippen LogP contribution in [0.25, 0.3) is 27.8 Å². The largest absolute Gasteiger partial charge is 0.0808 e. The fraction of sp³-hybridized carbons (Fsp3) is 0.214. The summed E-state index contributed by atoms with van der Waals surface area (Å²) < 4.78 is 0. The van der Waals surface area contributed by atoms with Crippen LogP contribution in [0.1, 0.15) is 43.9 Å². The molecule has 0 nitrogen and oxygen atoms in total. The summed E-state index contributed by atoms with van der Waals surface area (Å²) in [5.41, 5.74) is 11.0. The highest BCUT2D eigenvalue weighted by molar-refractivity contribution is 5.92. The lowest BCUT2D eigenvalue weighted by Gasteiger charge is -2.21. The first-order valence-corrected chi connectivity index (χ1v) is 10.3. The Hall–Kier alpha value is -2.86. The van der Waals surface area contributed by atoms with Crippen LogP contribution < -0.4 is 0 Å². The van der Waals surface area contributed by atoms with Gasteiger partial charge in [-0.2, -0.15) is 0 Å². The minimum absolute atomic E-state index is 0.0519.